The Morgan fingerprint density at radius 1 is 1.47 bits per heavy atom. The van der Waals surface area contributed by atoms with Crippen LogP contribution >= 0.6 is 0 Å². The molecule has 3 nitrogen and oxygen atoms in total. The highest BCUT2D eigenvalue weighted by Gasteiger charge is 2.43. The first-order chi connectivity index (χ1) is 8.19. The summed E-state index contributed by atoms with van der Waals surface area (Å²) in [6.07, 6.45) is 7.93. The van der Waals surface area contributed by atoms with Crippen LogP contribution in [0.2, 0.25) is 0 Å². The van der Waals surface area contributed by atoms with E-state index in [0.717, 1.165) is 29.5 Å². The van der Waals surface area contributed by atoms with Crippen LogP contribution in [-0.2, 0) is 13.5 Å². The van der Waals surface area contributed by atoms with Crippen LogP contribution in [0.3, 0.4) is 0 Å². The molecule has 2 saturated carbocycles. The van der Waals surface area contributed by atoms with Gasteiger partial charge in [0.25, 0.3) is 0 Å². The summed E-state index contributed by atoms with van der Waals surface area (Å²) < 4.78 is 1.84. The lowest BCUT2D eigenvalue weighted by molar-refractivity contribution is 0.0738. The molecule has 3 heteroatoms. The number of fused-ring (bicyclic) bond motifs is 2. The lowest BCUT2D eigenvalue weighted by atomic mass is 9.82. The van der Waals surface area contributed by atoms with E-state index in [1.807, 2.05) is 17.9 Å². The smallest absolute Gasteiger partial charge is 0.0854 e. The number of nitrogens with zero attached hydrogens (tertiary/aromatic N) is 2. The molecule has 1 aromatic heterocycles. The first-order valence-corrected chi connectivity index (χ1v) is 6.89. The Morgan fingerprint density at radius 2 is 2.29 bits per heavy atom. The van der Waals surface area contributed by atoms with E-state index in [2.05, 4.69) is 12.0 Å². The van der Waals surface area contributed by atoms with Crippen molar-refractivity contribution in [3.63, 3.8) is 0 Å². The zero-order valence-corrected chi connectivity index (χ0v) is 10.8. The topological polar surface area (TPSA) is 38.0 Å². The van der Waals surface area contributed by atoms with Gasteiger partial charge in [-0.05, 0) is 43.4 Å². The molecule has 0 saturated heterocycles. The van der Waals surface area contributed by atoms with Crippen molar-refractivity contribution in [2.24, 2.45) is 24.8 Å². The Morgan fingerprint density at radius 3 is 2.88 bits per heavy atom. The van der Waals surface area contributed by atoms with Crippen molar-refractivity contribution in [2.75, 3.05) is 0 Å². The Balaban J connectivity index is 1.83. The normalized spacial score (nSPS) is 33.2. The first-order valence-electron chi connectivity index (χ1n) is 6.89. The van der Waals surface area contributed by atoms with Crippen LogP contribution in [0.4, 0.5) is 0 Å². The van der Waals surface area contributed by atoms with E-state index in [0.29, 0.717) is 5.92 Å². The highest BCUT2D eigenvalue weighted by Crippen LogP contribution is 2.52. The molecular weight excluding hydrogens is 212 g/mol. The summed E-state index contributed by atoms with van der Waals surface area (Å²) in [5.74, 6) is 2.14. The van der Waals surface area contributed by atoms with Gasteiger partial charge >= 0.3 is 0 Å². The van der Waals surface area contributed by atoms with Crippen molar-refractivity contribution in [1.82, 2.24) is 9.78 Å². The molecule has 0 radical (unpaired) electrons. The molecule has 2 aliphatic carbocycles. The van der Waals surface area contributed by atoms with Crippen LogP contribution in [0.15, 0.2) is 6.20 Å². The third-order valence-corrected chi connectivity index (χ3v) is 4.79. The van der Waals surface area contributed by atoms with Gasteiger partial charge in [-0.25, -0.2) is 0 Å². The quantitative estimate of drug-likeness (QED) is 0.872. The predicted octanol–water partition coefficient (Wildman–Crippen LogP) is 2.45. The molecule has 4 unspecified atom stereocenters. The van der Waals surface area contributed by atoms with Crippen molar-refractivity contribution in [1.29, 1.82) is 0 Å². The van der Waals surface area contributed by atoms with Crippen LogP contribution in [0.1, 0.15) is 50.0 Å². The fourth-order valence-electron chi connectivity index (χ4n) is 3.99. The second-order valence-corrected chi connectivity index (χ2v) is 5.84. The molecular formula is C14H22N2O. The summed E-state index contributed by atoms with van der Waals surface area (Å²) in [5, 5.41) is 15.1. The van der Waals surface area contributed by atoms with Gasteiger partial charge in [0.2, 0.25) is 0 Å². The molecule has 0 spiro atoms. The van der Waals surface area contributed by atoms with Crippen molar-refractivity contribution in [3.05, 3.63) is 17.5 Å². The summed E-state index contributed by atoms with van der Waals surface area (Å²) in [6.45, 7) is 2.11. The van der Waals surface area contributed by atoms with Crippen molar-refractivity contribution in [2.45, 2.75) is 45.1 Å². The Labute approximate surface area is 103 Å². The predicted molar refractivity (Wildman–Crippen MR) is 66.5 cm³/mol. The zero-order valence-electron chi connectivity index (χ0n) is 10.8. The van der Waals surface area contributed by atoms with Crippen molar-refractivity contribution < 1.29 is 5.11 Å². The van der Waals surface area contributed by atoms with Gasteiger partial charge in [0.1, 0.15) is 0 Å². The van der Waals surface area contributed by atoms with Crippen LogP contribution < -0.4 is 0 Å². The number of hydrogen-bond donors (Lipinski definition) is 1. The van der Waals surface area contributed by atoms with Crippen molar-refractivity contribution >= 4 is 0 Å². The van der Waals surface area contributed by atoms with Crippen LogP contribution in [0, 0.1) is 17.8 Å². The number of rotatable bonds is 3. The van der Waals surface area contributed by atoms with E-state index in [1.54, 1.807) is 0 Å². The molecule has 1 N–H and O–H groups in total. The SMILES string of the molecule is CCc1nn(C)cc1C(O)C1CC2CCC1C2. The van der Waals surface area contributed by atoms with E-state index in [-0.39, 0.29) is 6.10 Å². The molecule has 3 rings (SSSR count). The minimum absolute atomic E-state index is 0.283. The van der Waals surface area contributed by atoms with E-state index < -0.39 is 0 Å². The molecule has 2 fully saturated rings. The molecule has 2 aliphatic rings. The summed E-state index contributed by atoms with van der Waals surface area (Å²) in [6, 6.07) is 0. The molecule has 1 heterocycles. The molecule has 17 heavy (non-hydrogen) atoms. The number of aryl methyl sites for hydroxylation is 2. The molecule has 94 valence electrons. The van der Waals surface area contributed by atoms with E-state index in [1.165, 1.54) is 25.7 Å². The summed E-state index contributed by atoms with van der Waals surface area (Å²) in [5.41, 5.74) is 2.15. The number of aliphatic hydroxyl groups excluding tert-OH is 1. The second kappa shape index (κ2) is 4.13. The molecule has 0 aliphatic heterocycles. The van der Waals surface area contributed by atoms with Gasteiger partial charge < -0.3 is 5.11 Å². The fourth-order valence-corrected chi connectivity index (χ4v) is 3.99. The van der Waals surface area contributed by atoms with Gasteiger partial charge in [0.05, 0.1) is 11.8 Å². The standard InChI is InChI=1S/C14H22N2O/c1-3-13-12(8-16(2)15-13)14(17)11-7-9-4-5-10(11)6-9/h8-11,14,17H,3-7H2,1-2H3. The van der Waals surface area contributed by atoms with E-state index >= 15 is 0 Å². The first kappa shape index (κ1) is 11.3. The molecule has 0 amide bonds. The highest BCUT2D eigenvalue weighted by atomic mass is 16.3. The van der Waals surface area contributed by atoms with E-state index in [4.69, 9.17) is 0 Å². The fraction of sp³-hybridized carbons (Fsp3) is 0.786. The van der Waals surface area contributed by atoms with Gasteiger partial charge in [-0.3, -0.25) is 4.68 Å². The lowest BCUT2D eigenvalue weighted by Crippen LogP contribution is -2.19. The van der Waals surface area contributed by atoms with Gasteiger partial charge in [-0.1, -0.05) is 13.3 Å². The second-order valence-electron chi connectivity index (χ2n) is 5.84. The minimum atomic E-state index is -0.283. The average Bonchev–Trinajstić information content (AvgIpc) is 3.01. The lowest BCUT2D eigenvalue weighted by Gasteiger charge is -2.26. The molecule has 4 atom stereocenters. The zero-order chi connectivity index (χ0) is 12.0. The third-order valence-electron chi connectivity index (χ3n) is 4.79. The average molecular weight is 234 g/mol. The summed E-state index contributed by atoms with van der Waals surface area (Å²) >= 11 is 0. The summed E-state index contributed by atoms with van der Waals surface area (Å²) in [4.78, 5) is 0. The van der Waals surface area contributed by atoms with Gasteiger partial charge in [0, 0.05) is 18.8 Å². The Bertz CT molecular complexity index is 412. The van der Waals surface area contributed by atoms with Gasteiger partial charge in [0.15, 0.2) is 0 Å². The largest absolute Gasteiger partial charge is 0.388 e. The monoisotopic (exact) mass is 234 g/mol. The maximum absolute atomic E-state index is 10.6. The van der Waals surface area contributed by atoms with Crippen molar-refractivity contribution in [3.8, 4) is 0 Å². The maximum atomic E-state index is 10.6. The Kier molecular flexibility index (Phi) is 2.74. The van der Waals surface area contributed by atoms with Crippen LogP contribution in [-0.4, -0.2) is 14.9 Å². The molecule has 1 aromatic rings. The molecule has 2 bridgehead atoms. The maximum Gasteiger partial charge on any atom is 0.0854 e. The van der Waals surface area contributed by atoms with Gasteiger partial charge in [-0.2, -0.15) is 5.10 Å². The van der Waals surface area contributed by atoms with Crippen LogP contribution in [0.5, 0.6) is 0 Å². The van der Waals surface area contributed by atoms with E-state index in [9.17, 15) is 5.11 Å². The number of aromatic nitrogens is 2. The van der Waals surface area contributed by atoms with Gasteiger partial charge in [-0.15, -0.1) is 0 Å². The number of aliphatic hydroxyl groups is 1. The highest BCUT2D eigenvalue weighted by molar-refractivity contribution is 5.21. The van der Waals surface area contributed by atoms with Crippen LogP contribution in [0.25, 0.3) is 0 Å². The summed E-state index contributed by atoms with van der Waals surface area (Å²) in [7, 11) is 1.94. The number of hydrogen-bond acceptors (Lipinski definition) is 2. The third kappa shape index (κ3) is 1.81. The Hall–Kier alpha value is -0.830. The molecule has 0 aromatic carbocycles. The minimum Gasteiger partial charge on any atom is -0.388 e.